The van der Waals surface area contributed by atoms with E-state index >= 15 is 0 Å². The molecule has 3 rings (SSSR count). The molecule has 0 fully saturated rings. The van der Waals surface area contributed by atoms with Gasteiger partial charge in [0.2, 0.25) is 0 Å². The number of aromatic amines is 1. The topological polar surface area (TPSA) is 41.8 Å². The molecular formula is C20H24N2. The largest absolute Gasteiger partial charge is 0.354 e. The van der Waals surface area contributed by atoms with Crippen molar-refractivity contribution in [3.05, 3.63) is 59.2 Å². The number of para-hydroxylation sites is 1. The van der Waals surface area contributed by atoms with Gasteiger partial charge in [0.25, 0.3) is 0 Å². The van der Waals surface area contributed by atoms with Gasteiger partial charge in [0, 0.05) is 16.6 Å². The fraction of sp³-hybridized carbons (Fsp3) is 0.300. The first-order chi connectivity index (χ1) is 10.7. The molecule has 1 aromatic heterocycles. The fourth-order valence-corrected chi connectivity index (χ4v) is 3.27. The second kappa shape index (κ2) is 6.37. The van der Waals surface area contributed by atoms with Crippen LogP contribution in [0.1, 0.15) is 29.5 Å². The molecule has 0 aliphatic heterocycles. The zero-order valence-corrected chi connectivity index (χ0v) is 13.4. The van der Waals surface area contributed by atoms with Crippen molar-refractivity contribution >= 4 is 10.9 Å². The molecule has 0 spiro atoms. The SMILES string of the molecule is Cc1cc(C)cc(-c2[nH]c3ccccc3c2CCCCN)c1. The second-order valence-corrected chi connectivity index (χ2v) is 6.15. The predicted octanol–water partition coefficient (Wildman–Crippen LogP) is 4.73. The summed E-state index contributed by atoms with van der Waals surface area (Å²) in [7, 11) is 0. The molecule has 2 heteroatoms. The average molecular weight is 292 g/mol. The summed E-state index contributed by atoms with van der Waals surface area (Å²) in [6.45, 7) is 5.09. The second-order valence-electron chi connectivity index (χ2n) is 6.15. The fourth-order valence-electron chi connectivity index (χ4n) is 3.27. The van der Waals surface area contributed by atoms with Crippen molar-refractivity contribution in [1.82, 2.24) is 4.98 Å². The van der Waals surface area contributed by atoms with Crippen molar-refractivity contribution in [2.45, 2.75) is 33.1 Å². The van der Waals surface area contributed by atoms with Crippen LogP contribution in [0.4, 0.5) is 0 Å². The molecule has 0 saturated heterocycles. The third-order valence-corrected chi connectivity index (χ3v) is 4.20. The Bertz CT molecular complexity index is 763. The van der Waals surface area contributed by atoms with Gasteiger partial charge < -0.3 is 10.7 Å². The number of aryl methyl sites for hydroxylation is 3. The van der Waals surface area contributed by atoms with Crippen molar-refractivity contribution in [3.63, 3.8) is 0 Å². The highest BCUT2D eigenvalue weighted by molar-refractivity contribution is 5.90. The van der Waals surface area contributed by atoms with E-state index in [0.29, 0.717) is 0 Å². The summed E-state index contributed by atoms with van der Waals surface area (Å²) in [4.78, 5) is 3.63. The lowest BCUT2D eigenvalue weighted by Gasteiger charge is -2.07. The molecule has 2 nitrogen and oxygen atoms in total. The van der Waals surface area contributed by atoms with E-state index in [1.165, 1.54) is 38.9 Å². The molecule has 0 aliphatic carbocycles. The lowest BCUT2D eigenvalue weighted by molar-refractivity contribution is 0.748. The van der Waals surface area contributed by atoms with Crippen molar-refractivity contribution in [2.24, 2.45) is 5.73 Å². The molecule has 1 heterocycles. The Labute approximate surface area is 132 Å². The third kappa shape index (κ3) is 2.93. The predicted molar refractivity (Wildman–Crippen MR) is 95.2 cm³/mol. The molecule has 0 atom stereocenters. The Balaban J connectivity index is 2.12. The molecule has 2 aromatic carbocycles. The lowest BCUT2D eigenvalue weighted by atomic mass is 9.98. The Morgan fingerprint density at radius 1 is 0.955 bits per heavy atom. The summed E-state index contributed by atoms with van der Waals surface area (Å²) < 4.78 is 0. The monoisotopic (exact) mass is 292 g/mol. The van der Waals surface area contributed by atoms with E-state index in [1.54, 1.807) is 0 Å². The highest BCUT2D eigenvalue weighted by Crippen LogP contribution is 2.32. The first kappa shape index (κ1) is 14.9. The number of nitrogens with two attached hydrogens (primary N) is 1. The maximum Gasteiger partial charge on any atom is 0.0497 e. The minimum absolute atomic E-state index is 0.765. The van der Waals surface area contributed by atoms with E-state index in [1.807, 2.05) is 0 Å². The number of nitrogens with one attached hydrogen (secondary N) is 1. The Kier molecular flexibility index (Phi) is 4.30. The van der Waals surface area contributed by atoms with Gasteiger partial charge in [0.15, 0.2) is 0 Å². The summed E-state index contributed by atoms with van der Waals surface area (Å²) >= 11 is 0. The van der Waals surface area contributed by atoms with Crippen molar-refractivity contribution < 1.29 is 0 Å². The Hall–Kier alpha value is -2.06. The number of benzene rings is 2. The normalized spacial score (nSPS) is 11.2. The molecule has 3 aromatic rings. The third-order valence-electron chi connectivity index (χ3n) is 4.20. The van der Waals surface area contributed by atoms with Crippen LogP contribution in [-0.4, -0.2) is 11.5 Å². The van der Waals surface area contributed by atoms with Crippen molar-refractivity contribution in [2.75, 3.05) is 6.54 Å². The van der Waals surface area contributed by atoms with Crippen LogP contribution in [-0.2, 0) is 6.42 Å². The maximum absolute atomic E-state index is 5.66. The summed E-state index contributed by atoms with van der Waals surface area (Å²) in [5, 5.41) is 1.34. The summed E-state index contributed by atoms with van der Waals surface area (Å²) in [5.41, 5.74) is 13.5. The molecular weight excluding hydrogens is 268 g/mol. The summed E-state index contributed by atoms with van der Waals surface area (Å²) in [6, 6.07) is 15.3. The number of H-pyrrole nitrogens is 1. The van der Waals surface area contributed by atoms with Gasteiger partial charge in [-0.15, -0.1) is 0 Å². The van der Waals surface area contributed by atoms with E-state index in [-0.39, 0.29) is 0 Å². The van der Waals surface area contributed by atoms with Gasteiger partial charge in [-0.05, 0) is 69.0 Å². The quantitative estimate of drug-likeness (QED) is 0.656. The van der Waals surface area contributed by atoms with Gasteiger partial charge in [-0.1, -0.05) is 35.4 Å². The Morgan fingerprint density at radius 2 is 1.68 bits per heavy atom. The molecule has 0 radical (unpaired) electrons. The molecule has 22 heavy (non-hydrogen) atoms. The first-order valence-electron chi connectivity index (χ1n) is 8.07. The van der Waals surface area contributed by atoms with Gasteiger partial charge in [0.05, 0.1) is 0 Å². The zero-order valence-electron chi connectivity index (χ0n) is 13.4. The number of unbranched alkanes of at least 4 members (excludes halogenated alkanes) is 1. The van der Waals surface area contributed by atoms with E-state index in [9.17, 15) is 0 Å². The Morgan fingerprint density at radius 3 is 2.41 bits per heavy atom. The van der Waals surface area contributed by atoms with E-state index in [4.69, 9.17) is 5.73 Å². The summed E-state index contributed by atoms with van der Waals surface area (Å²) in [5.74, 6) is 0. The van der Waals surface area contributed by atoms with E-state index in [0.717, 1.165) is 25.8 Å². The average Bonchev–Trinajstić information content (AvgIpc) is 2.86. The first-order valence-corrected chi connectivity index (χ1v) is 8.07. The molecule has 0 saturated carbocycles. The maximum atomic E-state index is 5.66. The van der Waals surface area contributed by atoms with Crippen LogP contribution in [0.5, 0.6) is 0 Å². The summed E-state index contributed by atoms with van der Waals surface area (Å²) in [6.07, 6.45) is 3.28. The van der Waals surface area contributed by atoms with E-state index in [2.05, 4.69) is 61.3 Å². The molecule has 114 valence electrons. The van der Waals surface area contributed by atoms with Crippen LogP contribution < -0.4 is 5.73 Å². The highest BCUT2D eigenvalue weighted by atomic mass is 14.7. The van der Waals surface area contributed by atoms with Crippen molar-refractivity contribution in [3.8, 4) is 11.3 Å². The van der Waals surface area contributed by atoms with Crippen molar-refractivity contribution in [1.29, 1.82) is 0 Å². The molecule has 0 bridgehead atoms. The van der Waals surface area contributed by atoms with Crippen LogP contribution in [0.3, 0.4) is 0 Å². The lowest BCUT2D eigenvalue weighted by Crippen LogP contribution is -1.99. The number of hydrogen-bond acceptors (Lipinski definition) is 1. The number of hydrogen-bond donors (Lipinski definition) is 2. The number of rotatable bonds is 5. The highest BCUT2D eigenvalue weighted by Gasteiger charge is 2.13. The van der Waals surface area contributed by atoms with Gasteiger partial charge in [-0.2, -0.15) is 0 Å². The van der Waals surface area contributed by atoms with Crippen LogP contribution in [0, 0.1) is 13.8 Å². The van der Waals surface area contributed by atoms with Gasteiger partial charge in [0.1, 0.15) is 0 Å². The smallest absolute Gasteiger partial charge is 0.0497 e. The molecule has 0 amide bonds. The van der Waals surface area contributed by atoms with Crippen LogP contribution in [0.2, 0.25) is 0 Å². The number of aromatic nitrogens is 1. The van der Waals surface area contributed by atoms with Gasteiger partial charge >= 0.3 is 0 Å². The zero-order chi connectivity index (χ0) is 15.5. The minimum Gasteiger partial charge on any atom is -0.354 e. The molecule has 3 N–H and O–H groups in total. The van der Waals surface area contributed by atoms with E-state index < -0.39 is 0 Å². The van der Waals surface area contributed by atoms with Crippen LogP contribution in [0.25, 0.3) is 22.2 Å². The minimum atomic E-state index is 0.765. The molecule has 0 aliphatic rings. The number of fused-ring (bicyclic) bond motifs is 1. The van der Waals surface area contributed by atoms with Crippen LogP contribution >= 0.6 is 0 Å². The van der Waals surface area contributed by atoms with Gasteiger partial charge in [-0.3, -0.25) is 0 Å². The van der Waals surface area contributed by atoms with Gasteiger partial charge in [-0.25, -0.2) is 0 Å². The van der Waals surface area contributed by atoms with Crippen LogP contribution in [0.15, 0.2) is 42.5 Å². The standard InChI is InChI=1S/C20H24N2/c1-14-11-15(2)13-16(12-14)20-18(8-5-6-10-21)17-7-3-4-9-19(17)22-20/h3-4,7,9,11-13,22H,5-6,8,10,21H2,1-2H3. The molecule has 0 unspecified atom stereocenters.